The third-order valence-electron chi connectivity index (χ3n) is 2.91. The van der Waals surface area contributed by atoms with Gasteiger partial charge in [-0.25, -0.2) is 4.98 Å². The quantitative estimate of drug-likeness (QED) is 0.922. The summed E-state index contributed by atoms with van der Waals surface area (Å²) in [4.78, 5) is 3.85. The molecule has 2 aromatic heterocycles. The van der Waals surface area contributed by atoms with Gasteiger partial charge in [0, 0.05) is 26.0 Å². The number of rotatable bonds is 4. The summed E-state index contributed by atoms with van der Waals surface area (Å²) in [6.45, 7) is 3.89. The Morgan fingerprint density at radius 1 is 1.32 bits per heavy atom. The highest BCUT2D eigenvalue weighted by molar-refractivity contribution is 7.92. The summed E-state index contributed by atoms with van der Waals surface area (Å²) in [5.74, 6) is 0.449. The molecule has 0 atom stereocenters. The Hall–Kier alpha value is -2.04. The SMILES string of the molecule is CCn1cc(S(=O)(=O)Nc2cn(C)nc2C(F)(F)F)nc1C. The van der Waals surface area contributed by atoms with Gasteiger partial charge in [-0.1, -0.05) is 0 Å². The molecule has 0 bridgehead atoms. The van der Waals surface area contributed by atoms with Crippen LogP contribution in [-0.2, 0) is 29.8 Å². The number of aromatic nitrogens is 4. The van der Waals surface area contributed by atoms with E-state index in [2.05, 4.69) is 10.1 Å². The van der Waals surface area contributed by atoms with Crippen molar-refractivity contribution in [3.63, 3.8) is 0 Å². The van der Waals surface area contributed by atoms with Crippen molar-refractivity contribution < 1.29 is 21.6 Å². The van der Waals surface area contributed by atoms with Gasteiger partial charge in [-0.05, 0) is 13.8 Å². The largest absolute Gasteiger partial charge is 0.437 e. The Morgan fingerprint density at radius 2 is 1.95 bits per heavy atom. The lowest BCUT2D eigenvalue weighted by atomic mass is 10.4. The molecule has 7 nitrogen and oxygen atoms in total. The molecule has 0 fully saturated rings. The van der Waals surface area contributed by atoms with Crippen LogP contribution < -0.4 is 4.72 Å². The topological polar surface area (TPSA) is 81.8 Å². The number of hydrogen-bond donors (Lipinski definition) is 1. The highest BCUT2D eigenvalue weighted by Crippen LogP contribution is 2.34. The number of nitrogens with zero attached hydrogens (tertiary/aromatic N) is 4. The number of alkyl halides is 3. The van der Waals surface area contributed by atoms with Gasteiger partial charge in [0.25, 0.3) is 10.0 Å². The molecule has 0 aliphatic rings. The molecule has 0 saturated heterocycles. The van der Waals surface area contributed by atoms with Crippen molar-refractivity contribution in [3.05, 3.63) is 23.9 Å². The number of imidazole rings is 1. The standard InChI is InChI=1S/C11H14F3N5O2S/c1-4-19-6-9(15-7(19)2)22(20,21)17-8-5-18(3)16-10(8)11(12,13)14/h5-6,17H,4H2,1-3H3. The summed E-state index contributed by atoms with van der Waals surface area (Å²) in [5, 5.41) is 2.89. The van der Waals surface area contributed by atoms with Gasteiger partial charge in [-0.15, -0.1) is 0 Å². The smallest absolute Gasteiger partial charge is 0.334 e. The molecular formula is C11H14F3N5O2S. The van der Waals surface area contributed by atoms with Crippen LogP contribution in [0.25, 0.3) is 0 Å². The average molecular weight is 337 g/mol. The number of nitrogens with one attached hydrogen (secondary N) is 1. The Bertz CT molecular complexity index is 791. The molecule has 0 spiro atoms. The van der Waals surface area contributed by atoms with Gasteiger partial charge in [0.05, 0.1) is 5.69 Å². The zero-order valence-electron chi connectivity index (χ0n) is 12.0. The third kappa shape index (κ3) is 3.08. The second kappa shape index (κ2) is 5.30. The Labute approximate surface area is 124 Å². The van der Waals surface area contributed by atoms with Crippen LogP contribution in [0.2, 0.25) is 0 Å². The normalized spacial score (nSPS) is 12.6. The lowest BCUT2D eigenvalue weighted by molar-refractivity contribution is -0.140. The first-order valence-electron chi connectivity index (χ1n) is 6.22. The first-order valence-corrected chi connectivity index (χ1v) is 7.70. The van der Waals surface area contributed by atoms with Crippen LogP contribution >= 0.6 is 0 Å². The molecule has 0 aromatic carbocycles. The first kappa shape index (κ1) is 16.3. The van der Waals surface area contributed by atoms with E-state index in [1.807, 2.05) is 4.72 Å². The maximum absolute atomic E-state index is 12.8. The predicted molar refractivity (Wildman–Crippen MR) is 71.7 cm³/mol. The number of hydrogen-bond acceptors (Lipinski definition) is 4. The highest BCUT2D eigenvalue weighted by Gasteiger charge is 2.38. The van der Waals surface area contributed by atoms with Gasteiger partial charge < -0.3 is 4.57 Å². The van der Waals surface area contributed by atoms with Crippen molar-refractivity contribution in [2.24, 2.45) is 7.05 Å². The second-order valence-corrected chi connectivity index (χ2v) is 6.21. The monoisotopic (exact) mass is 337 g/mol. The van der Waals surface area contributed by atoms with E-state index in [-0.39, 0.29) is 5.03 Å². The van der Waals surface area contributed by atoms with E-state index < -0.39 is 27.6 Å². The van der Waals surface area contributed by atoms with Crippen molar-refractivity contribution >= 4 is 15.7 Å². The van der Waals surface area contributed by atoms with Crippen LogP contribution in [-0.4, -0.2) is 27.7 Å². The molecule has 22 heavy (non-hydrogen) atoms. The molecule has 0 amide bonds. The summed E-state index contributed by atoms with van der Waals surface area (Å²) >= 11 is 0. The lowest BCUT2D eigenvalue weighted by Crippen LogP contribution is -2.17. The zero-order valence-corrected chi connectivity index (χ0v) is 12.8. The van der Waals surface area contributed by atoms with Gasteiger partial charge in [0.15, 0.2) is 10.7 Å². The molecule has 0 aliphatic heterocycles. The van der Waals surface area contributed by atoms with Crippen LogP contribution in [0.4, 0.5) is 18.9 Å². The highest BCUT2D eigenvalue weighted by atomic mass is 32.2. The van der Waals surface area contributed by atoms with Gasteiger partial charge in [-0.2, -0.15) is 26.7 Å². The Balaban J connectivity index is 2.41. The van der Waals surface area contributed by atoms with E-state index in [4.69, 9.17) is 0 Å². The summed E-state index contributed by atoms with van der Waals surface area (Å²) in [7, 11) is -2.96. The summed E-state index contributed by atoms with van der Waals surface area (Å²) in [6, 6.07) is 0. The third-order valence-corrected chi connectivity index (χ3v) is 4.15. The first-order chi connectivity index (χ1) is 10.0. The molecule has 0 aliphatic carbocycles. The summed E-state index contributed by atoms with van der Waals surface area (Å²) < 4.78 is 67.2. The average Bonchev–Trinajstić information content (AvgIpc) is 2.91. The van der Waals surface area contributed by atoms with Crippen LogP contribution in [0.5, 0.6) is 0 Å². The minimum absolute atomic E-state index is 0.344. The van der Waals surface area contributed by atoms with Crippen molar-refractivity contribution in [2.75, 3.05) is 4.72 Å². The van der Waals surface area contributed by atoms with E-state index in [1.54, 1.807) is 18.4 Å². The van der Waals surface area contributed by atoms with Gasteiger partial charge in [0.2, 0.25) is 0 Å². The Morgan fingerprint density at radius 3 is 2.45 bits per heavy atom. The van der Waals surface area contributed by atoms with Crippen LogP contribution in [0.3, 0.4) is 0 Å². The molecule has 122 valence electrons. The van der Waals surface area contributed by atoms with Gasteiger partial charge in [0.1, 0.15) is 5.82 Å². The maximum atomic E-state index is 12.8. The van der Waals surface area contributed by atoms with Crippen molar-refractivity contribution in [1.29, 1.82) is 0 Å². The van der Waals surface area contributed by atoms with Gasteiger partial charge in [-0.3, -0.25) is 9.40 Å². The lowest BCUT2D eigenvalue weighted by Gasteiger charge is -2.07. The van der Waals surface area contributed by atoms with Crippen molar-refractivity contribution in [1.82, 2.24) is 19.3 Å². The molecule has 1 N–H and O–H groups in total. The number of sulfonamides is 1. The van der Waals surface area contributed by atoms with E-state index >= 15 is 0 Å². The minimum Gasteiger partial charge on any atom is -0.334 e. The van der Waals surface area contributed by atoms with E-state index in [9.17, 15) is 21.6 Å². The van der Waals surface area contributed by atoms with Crippen LogP contribution in [0.15, 0.2) is 17.4 Å². The molecule has 2 heterocycles. The molecule has 0 radical (unpaired) electrons. The maximum Gasteiger partial charge on any atom is 0.437 e. The van der Waals surface area contributed by atoms with Gasteiger partial charge >= 0.3 is 6.18 Å². The number of halogens is 3. The molecule has 2 rings (SSSR count). The molecule has 0 unspecified atom stereocenters. The summed E-state index contributed by atoms with van der Waals surface area (Å²) in [6.07, 6.45) is -2.55. The van der Waals surface area contributed by atoms with Crippen molar-refractivity contribution in [3.8, 4) is 0 Å². The molecular weight excluding hydrogens is 323 g/mol. The fraction of sp³-hybridized carbons (Fsp3) is 0.455. The molecule has 0 saturated carbocycles. The fourth-order valence-electron chi connectivity index (χ4n) is 1.90. The number of aryl methyl sites for hydroxylation is 3. The summed E-state index contributed by atoms with van der Waals surface area (Å²) in [5.41, 5.74) is -1.94. The van der Waals surface area contributed by atoms with Crippen LogP contribution in [0, 0.1) is 6.92 Å². The van der Waals surface area contributed by atoms with Crippen LogP contribution in [0.1, 0.15) is 18.4 Å². The predicted octanol–water partition coefficient (Wildman–Crippen LogP) is 1.76. The minimum atomic E-state index is -4.77. The molecule has 11 heteroatoms. The van der Waals surface area contributed by atoms with Crippen molar-refractivity contribution in [2.45, 2.75) is 31.6 Å². The second-order valence-electron chi connectivity index (χ2n) is 4.58. The van der Waals surface area contributed by atoms with E-state index in [1.165, 1.54) is 13.2 Å². The Kier molecular flexibility index (Phi) is 3.94. The fourth-order valence-corrected chi connectivity index (χ4v) is 2.96. The van der Waals surface area contributed by atoms with E-state index in [0.29, 0.717) is 12.4 Å². The zero-order chi connectivity index (χ0) is 16.7. The van der Waals surface area contributed by atoms with E-state index in [0.717, 1.165) is 10.9 Å². The number of anilines is 1. The molecule has 2 aromatic rings.